The summed E-state index contributed by atoms with van der Waals surface area (Å²) in [5.41, 5.74) is 1.94. The third-order valence-electron chi connectivity index (χ3n) is 7.48. The first-order valence-corrected chi connectivity index (χ1v) is 17.4. The van der Waals surface area contributed by atoms with Gasteiger partial charge in [0.2, 0.25) is 0 Å². The van der Waals surface area contributed by atoms with Crippen LogP contribution >= 0.6 is 41.1 Å². The first-order chi connectivity index (χ1) is 20.6. The highest BCUT2D eigenvalue weighted by atomic mass is 32.2. The number of thiol groups is 2. The highest BCUT2D eigenvalue weighted by Gasteiger charge is 2.40. The van der Waals surface area contributed by atoms with Crippen molar-refractivity contribution >= 4 is 72.9 Å². The van der Waals surface area contributed by atoms with E-state index in [-0.39, 0.29) is 0 Å². The predicted molar refractivity (Wildman–Crippen MR) is 189 cm³/mol. The highest BCUT2D eigenvalue weighted by molar-refractivity contribution is 8.00. The summed E-state index contributed by atoms with van der Waals surface area (Å²) >= 11 is 10.5. The number of rotatable bonds is 6. The summed E-state index contributed by atoms with van der Waals surface area (Å²) in [6.45, 7) is 0. The van der Waals surface area contributed by atoms with Gasteiger partial charge >= 0.3 is 0 Å². The van der Waals surface area contributed by atoms with Crippen LogP contribution in [0.1, 0.15) is 11.1 Å². The van der Waals surface area contributed by atoms with Gasteiger partial charge in [0, 0.05) is 21.7 Å². The van der Waals surface area contributed by atoms with Gasteiger partial charge in [-0.05, 0) is 37.1 Å². The van der Waals surface area contributed by atoms with Crippen LogP contribution in [0, 0.1) is 0 Å². The number of fused-ring (bicyclic) bond motifs is 2. The summed E-state index contributed by atoms with van der Waals surface area (Å²) in [5, 5.41) is 7.42. The lowest BCUT2D eigenvalue weighted by atomic mass is 9.99. The van der Waals surface area contributed by atoms with Crippen LogP contribution < -0.4 is 36.6 Å². The van der Waals surface area contributed by atoms with Crippen LogP contribution in [0.25, 0.3) is 0 Å². The minimum Gasteiger partial charge on any atom is -0.455 e. The molecular weight excluding hydrogens is 586 g/mol. The van der Waals surface area contributed by atoms with Gasteiger partial charge in [-0.15, -0.1) is 0 Å². The van der Waals surface area contributed by atoms with Gasteiger partial charge in [0.1, 0.15) is 15.6 Å². The molecule has 0 unspecified atom stereocenters. The normalized spacial score (nSPS) is 13.3. The van der Waals surface area contributed by atoms with Crippen molar-refractivity contribution in [2.75, 3.05) is 0 Å². The monoisotopic (exact) mass is 614 g/mol. The molecule has 0 N–H and O–H groups in total. The Labute approximate surface area is 260 Å². The molecule has 7 rings (SSSR count). The molecule has 0 atom stereocenters. The second-order valence-electron chi connectivity index (χ2n) is 10.1. The number of ether oxygens (including phenoxy) is 1. The average Bonchev–Trinajstić information content (AvgIpc) is 3.04. The Hall–Kier alpha value is -3.32. The van der Waals surface area contributed by atoms with Gasteiger partial charge in [-0.2, -0.15) is 25.3 Å². The predicted octanol–water partition coefficient (Wildman–Crippen LogP) is 7.37. The third kappa shape index (κ3) is 5.00. The van der Waals surface area contributed by atoms with Crippen LogP contribution in [0.5, 0.6) is 11.5 Å². The molecule has 0 aliphatic carbocycles. The van der Waals surface area contributed by atoms with E-state index >= 15 is 0 Å². The number of hydrogen-bond acceptors (Lipinski definition) is 3. The van der Waals surface area contributed by atoms with Gasteiger partial charge in [-0.25, -0.2) is 0 Å². The van der Waals surface area contributed by atoms with Gasteiger partial charge in [0.05, 0.1) is 0 Å². The van der Waals surface area contributed by atoms with Gasteiger partial charge in [-0.1, -0.05) is 158 Å². The molecule has 204 valence electrons. The molecule has 1 aliphatic rings. The van der Waals surface area contributed by atoms with Crippen LogP contribution in [0.3, 0.4) is 0 Å². The minimum atomic E-state index is -0.892. The fourth-order valence-electron chi connectivity index (χ4n) is 5.58. The summed E-state index contributed by atoms with van der Waals surface area (Å²) in [4.78, 5) is 0. The molecule has 6 aromatic rings. The second kappa shape index (κ2) is 11.8. The molecule has 0 radical (unpaired) electrons. The third-order valence-corrected chi connectivity index (χ3v) is 13.4. The largest absolute Gasteiger partial charge is 0.455 e. The summed E-state index contributed by atoms with van der Waals surface area (Å²) < 4.78 is 6.32. The topological polar surface area (TPSA) is 9.23 Å². The molecule has 1 nitrogen and oxygen atoms in total. The number of benzene rings is 6. The van der Waals surface area contributed by atoms with Crippen molar-refractivity contribution in [3.8, 4) is 11.5 Å². The molecule has 0 aromatic heterocycles. The molecule has 1 heterocycles. The molecule has 1 aliphatic heterocycles. The molecule has 0 spiro atoms. The summed E-state index contributed by atoms with van der Waals surface area (Å²) in [7, 11) is -1.78. The molecule has 0 amide bonds. The molecule has 0 fully saturated rings. The lowest BCUT2D eigenvalue weighted by Gasteiger charge is -2.37. The molecular formula is C37H28OP2S2. The van der Waals surface area contributed by atoms with Crippen LogP contribution in [-0.4, -0.2) is 0 Å². The van der Waals surface area contributed by atoms with Crippen molar-refractivity contribution in [3.05, 3.63) is 169 Å². The summed E-state index contributed by atoms with van der Waals surface area (Å²) in [6.07, 6.45) is 0. The maximum atomic E-state index is 7.16. The SMILES string of the molecule is SC1(S)c2cccc(P(c3ccccc3)c3ccccc3)c2Oc2c(P(c3ccccc3)c3ccccc3)cccc21. The van der Waals surface area contributed by atoms with E-state index in [0.717, 1.165) is 33.2 Å². The molecule has 5 heteroatoms. The molecule has 6 aromatic carbocycles. The minimum absolute atomic E-state index is 0.836. The fraction of sp³-hybridized carbons (Fsp3) is 0.0270. The van der Waals surface area contributed by atoms with Crippen molar-refractivity contribution in [1.29, 1.82) is 0 Å². The molecule has 0 saturated carbocycles. The molecule has 0 bridgehead atoms. The van der Waals surface area contributed by atoms with Crippen molar-refractivity contribution in [3.63, 3.8) is 0 Å². The van der Waals surface area contributed by atoms with E-state index in [2.05, 4.69) is 158 Å². The van der Waals surface area contributed by atoms with Gasteiger partial charge in [-0.3, -0.25) is 0 Å². The molecule has 42 heavy (non-hydrogen) atoms. The van der Waals surface area contributed by atoms with E-state index in [4.69, 9.17) is 30.0 Å². The van der Waals surface area contributed by atoms with Crippen molar-refractivity contribution in [2.45, 2.75) is 4.08 Å². The number of para-hydroxylation sites is 2. The van der Waals surface area contributed by atoms with E-state index < -0.39 is 19.9 Å². The van der Waals surface area contributed by atoms with Crippen LogP contribution in [-0.2, 0) is 4.08 Å². The fourth-order valence-corrected chi connectivity index (χ4v) is 11.1. The maximum absolute atomic E-state index is 7.16. The van der Waals surface area contributed by atoms with E-state index in [1.807, 2.05) is 0 Å². The smallest absolute Gasteiger partial charge is 0.141 e. The van der Waals surface area contributed by atoms with Crippen molar-refractivity contribution in [1.82, 2.24) is 0 Å². The zero-order valence-corrected chi connectivity index (χ0v) is 26.3. The van der Waals surface area contributed by atoms with E-state index in [9.17, 15) is 0 Å². The Balaban J connectivity index is 1.45. The maximum Gasteiger partial charge on any atom is 0.141 e. The van der Waals surface area contributed by atoms with Gasteiger partial charge in [0.25, 0.3) is 0 Å². The average molecular weight is 615 g/mol. The van der Waals surface area contributed by atoms with Crippen LogP contribution in [0.2, 0.25) is 0 Å². The molecule has 0 saturated heterocycles. The van der Waals surface area contributed by atoms with Crippen LogP contribution in [0.4, 0.5) is 0 Å². The zero-order chi connectivity index (χ0) is 28.5. The Morgan fingerprint density at radius 2 is 0.690 bits per heavy atom. The van der Waals surface area contributed by atoms with Gasteiger partial charge in [0.15, 0.2) is 0 Å². The van der Waals surface area contributed by atoms with E-state index in [0.29, 0.717) is 0 Å². The first-order valence-electron chi connectivity index (χ1n) is 13.8. The highest BCUT2D eigenvalue weighted by Crippen LogP contribution is 2.55. The lowest BCUT2D eigenvalue weighted by Crippen LogP contribution is -2.30. The Bertz CT molecular complexity index is 1620. The lowest BCUT2D eigenvalue weighted by molar-refractivity contribution is 0.464. The Morgan fingerprint density at radius 3 is 1.00 bits per heavy atom. The van der Waals surface area contributed by atoms with Gasteiger partial charge < -0.3 is 4.74 Å². The quantitative estimate of drug-likeness (QED) is 0.113. The zero-order valence-electron chi connectivity index (χ0n) is 22.7. The van der Waals surface area contributed by atoms with Crippen LogP contribution in [0.15, 0.2) is 158 Å². The Morgan fingerprint density at radius 1 is 0.381 bits per heavy atom. The van der Waals surface area contributed by atoms with E-state index in [1.165, 1.54) is 21.2 Å². The first kappa shape index (κ1) is 27.5. The van der Waals surface area contributed by atoms with E-state index in [1.54, 1.807) is 0 Å². The van der Waals surface area contributed by atoms with Crippen molar-refractivity contribution in [2.24, 2.45) is 0 Å². The summed E-state index contributed by atoms with van der Waals surface area (Å²) in [5.74, 6) is 1.72. The second-order valence-corrected chi connectivity index (χ2v) is 16.2. The summed E-state index contributed by atoms with van der Waals surface area (Å²) in [6, 6.07) is 55.9. The van der Waals surface area contributed by atoms with Crippen molar-refractivity contribution < 1.29 is 4.74 Å². The number of hydrogen-bond donors (Lipinski definition) is 2. The standard InChI is InChI=1S/C37H28OP2S2/c41-37(42)31-23-13-25-33(39(27-15-5-1-6-16-27)28-17-7-2-8-18-28)35(31)38-36-32(37)24-14-26-34(36)40(29-19-9-3-10-20-29)30-21-11-4-12-22-30/h1-26,41-42H. The Kier molecular flexibility index (Phi) is 7.70.